The molecule has 0 aliphatic carbocycles. The quantitative estimate of drug-likeness (QED) is 0.309. The van der Waals surface area contributed by atoms with E-state index in [0.717, 1.165) is 28.3 Å². The number of halogens is 2. The highest BCUT2D eigenvalue weighted by Crippen LogP contribution is 2.28. The maximum absolute atomic E-state index is 14.1. The molecule has 2 aliphatic heterocycles. The summed E-state index contributed by atoms with van der Waals surface area (Å²) in [6, 6.07) is 22.1. The Balaban J connectivity index is 1.34. The number of imidazole rings is 1. The third kappa shape index (κ3) is 4.48. The van der Waals surface area contributed by atoms with E-state index in [0.29, 0.717) is 24.4 Å². The maximum atomic E-state index is 14.1. The molecule has 3 aromatic rings. The predicted octanol–water partition coefficient (Wildman–Crippen LogP) is 6.17. The van der Waals surface area contributed by atoms with E-state index in [1.807, 2.05) is 47.3 Å². The number of aromatic nitrogens is 3. The Bertz CT molecular complexity index is 1440. The van der Waals surface area contributed by atoms with E-state index in [1.54, 1.807) is 6.92 Å². The minimum Gasteiger partial charge on any atom is -0.348 e. The van der Waals surface area contributed by atoms with Crippen LogP contribution in [0.15, 0.2) is 85.2 Å². The highest BCUT2D eigenvalue weighted by atomic mass is 19.2. The summed E-state index contributed by atoms with van der Waals surface area (Å²) in [5.41, 5.74) is 5.60. The molecule has 0 saturated heterocycles. The highest BCUT2D eigenvalue weighted by molar-refractivity contribution is 5.78. The molecule has 0 bridgehead atoms. The van der Waals surface area contributed by atoms with Gasteiger partial charge in [-0.15, -0.1) is 0 Å². The molecular formula is C28H21F2N3O. The van der Waals surface area contributed by atoms with Crippen molar-refractivity contribution in [3.05, 3.63) is 108 Å². The number of pyridine rings is 1. The van der Waals surface area contributed by atoms with Crippen LogP contribution in [-0.4, -0.2) is 20.3 Å². The summed E-state index contributed by atoms with van der Waals surface area (Å²) in [6.07, 6.45) is 4.20. The molecule has 168 valence electrons. The number of hydrogen-bond acceptors (Lipinski definition) is 3. The first-order valence-corrected chi connectivity index (χ1v) is 10.9. The van der Waals surface area contributed by atoms with Crippen LogP contribution in [-0.2, 0) is 17.8 Å². The van der Waals surface area contributed by atoms with Crippen LogP contribution in [0.2, 0.25) is 0 Å². The van der Waals surface area contributed by atoms with Crippen LogP contribution in [0.3, 0.4) is 0 Å². The second-order valence-corrected chi connectivity index (χ2v) is 8.31. The van der Waals surface area contributed by atoms with Crippen LogP contribution in [0, 0.1) is 11.6 Å². The van der Waals surface area contributed by atoms with E-state index >= 15 is 0 Å². The largest absolute Gasteiger partial charge is 0.348 e. The Hall–Kier alpha value is -4.19. The van der Waals surface area contributed by atoms with Crippen molar-refractivity contribution in [3.63, 3.8) is 0 Å². The van der Waals surface area contributed by atoms with Crippen LogP contribution in [0.5, 0.6) is 0 Å². The molecule has 5 rings (SSSR count). The summed E-state index contributed by atoms with van der Waals surface area (Å²) in [6.45, 7) is 2.22. The second-order valence-electron chi connectivity index (χ2n) is 8.31. The molecule has 0 fully saturated rings. The van der Waals surface area contributed by atoms with Gasteiger partial charge in [-0.2, -0.15) is 0 Å². The Morgan fingerprint density at radius 2 is 1.47 bits per heavy atom. The van der Waals surface area contributed by atoms with E-state index in [-0.39, 0.29) is 17.2 Å². The molecule has 4 nitrogen and oxygen atoms in total. The van der Waals surface area contributed by atoms with Gasteiger partial charge in [0, 0.05) is 25.4 Å². The molecule has 2 heterocycles. The molecule has 0 unspecified atom stereocenters. The van der Waals surface area contributed by atoms with Crippen molar-refractivity contribution in [1.82, 2.24) is 14.5 Å². The van der Waals surface area contributed by atoms with Gasteiger partial charge in [0.05, 0.1) is 11.3 Å². The van der Waals surface area contributed by atoms with Gasteiger partial charge in [-0.1, -0.05) is 54.6 Å². The van der Waals surface area contributed by atoms with E-state index in [4.69, 9.17) is 0 Å². The topological polar surface area (TPSA) is 47.8 Å². The number of ketones is 1. The molecular weight excluding hydrogens is 432 g/mol. The SMILES string of the molecule is CC(=O)Cc1ccc(-c2ccc(Cn3ccc4nc(-c5cccc(F)c5F)nc-4c3)cc2)cc1. The number of nitrogens with zero attached hydrogens (tertiary/aromatic N) is 3. The lowest BCUT2D eigenvalue weighted by Crippen LogP contribution is -2.00. The van der Waals surface area contributed by atoms with Gasteiger partial charge < -0.3 is 4.57 Å². The molecule has 0 atom stereocenters. The predicted molar refractivity (Wildman–Crippen MR) is 127 cm³/mol. The molecule has 0 spiro atoms. The molecule has 6 heteroatoms. The first kappa shape index (κ1) is 21.6. The Morgan fingerprint density at radius 1 is 0.824 bits per heavy atom. The minimum absolute atomic E-state index is 0.0488. The Kier molecular flexibility index (Phi) is 5.72. The average molecular weight is 453 g/mol. The van der Waals surface area contributed by atoms with Crippen LogP contribution in [0.1, 0.15) is 18.1 Å². The van der Waals surface area contributed by atoms with E-state index < -0.39 is 11.6 Å². The number of Topliss-reactive ketones (excluding diaryl/α,β-unsaturated/α-hetero) is 1. The molecule has 3 aromatic carbocycles. The third-order valence-electron chi connectivity index (χ3n) is 5.68. The molecule has 0 amide bonds. The van der Waals surface area contributed by atoms with Crippen LogP contribution >= 0.6 is 0 Å². The third-order valence-corrected chi connectivity index (χ3v) is 5.68. The highest BCUT2D eigenvalue weighted by Gasteiger charge is 2.17. The summed E-state index contributed by atoms with van der Waals surface area (Å²) in [5, 5.41) is 0. The minimum atomic E-state index is -0.945. The molecule has 0 aromatic heterocycles. The first-order chi connectivity index (χ1) is 16.5. The normalized spacial score (nSPS) is 11.1. The number of carbonyl (C=O) groups excluding carboxylic acids is 1. The summed E-state index contributed by atoms with van der Waals surface area (Å²) in [5.74, 6) is -1.54. The average Bonchev–Trinajstić information content (AvgIpc) is 3.25. The number of hydrogen-bond donors (Lipinski definition) is 0. The lowest BCUT2D eigenvalue weighted by molar-refractivity contribution is -0.116. The Labute approximate surface area is 195 Å². The Morgan fingerprint density at radius 3 is 2.15 bits per heavy atom. The van der Waals surface area contributed by atoms with Gasteiger partial charge in [-0.3, -0.25) is 4.79 Å². The summed E-state index contributed by atoms with van der Waals surface area (Å²) < 4.78 is 29.7. The van der Waals surface area contributed by atoms with Gasteiger partial charge in [0.25, 0.3) is 0 Å². The van der Waals surface area contributed by atoms with Gasteiger partial charge in [-0.25, -0.2) is 18.7 Å². The van der Waals surface area contributed by atoms with Gasteiger partial charge in [0.1, 0.15) is 11.5 Å². The van der Waals surface area contributed by atoms with E-state index in [9.17, 15) is 13.6 Å². The van der Waals surface area contributed by atoms with E-state index in [1.165, 1.54) is 12.1 Å². The van der Waals surface area contributed by atoms with Crippen molar-refractivity contribution in [1.29, 1.82) is 0 Å². The van der Waals surface area contributed by atoms with Crippen LogP contribution < -0.4 is 0 Å². The van der Waals surface area contributed by atoms with Crippen molar-refractivity contribution in [2.45, 2.75) is 19.9 Å². The van der Waals surface area contributed by atoms with Crippen molar-refractivity contribution in [2.75, 3.05) is 0 Å². The fraction of sp³-hybridized carbons (Fsp3) is 0.107. The van der Waals surface area contributed by atoms with Gasteiger partial charge in [0.2, 0.25) is 0 Å². The zero-order chi connectivity index (χ0) is 23.7. The molecule has 34 heavy (non-hydrogen) atoms. The van der Waals surface area contributed by atoms with Gasteiger partial charge >= 0.3 is 0 Å². The van der Waals surface area contributed by atoms with Crippen LogP contribution in [0.4, 0.5) is 8.78 Å². The number of fused-ring (bicyclic) bond motifs is 1. The standard InChI is InChI=1S/C28H21F2N3O/c1-18(34)15-19-5-9-21(10-6-19)22-11-7-20(8-12-22)16-33-14-13-25-26(17-33)32-28(31-25)23-3-2-4-24(29)27(23)30/h2-14,17H,15-16H2,1H3. The lowest BCUT2D eigenvalue weighted by atomic mass is 10.0. The fourth-order valence-corrected chi connectivity index (χ4v) is 3.96. The number of carbonyl (C=O) groups is 1. The molecule has 0 radical (unpaired) electrons. The zero-order valence-electron chi connectivity index (χ0n) is 18.5. The smallest absolute Gasteiger partial charge is 0.169 e. The lowest BCUT2D eigenvalue weighted by Gasteiger charge is -2.09. The zero-order valence-corrected chi connectivity index (χ0v) is 18.5. The maximum Gasteiger partial charge on any atom is 0.169 e. The summed E-state index contributed by atoms with van der Waals surface area (Å²) in [7, 11) is 0. The first-order valence-electron chi connectivity index (χ1n) is 10.9. The van der Waals surface area contributed by atoms with E-state index in [2.05, 4.69) is 34.2 Å². The number of rotatable bonds is 6. The monoisotopic (exact) mass is 453 g/mol. The van der Waals surface area contributed by atoms with Gasteiger partial charge in [0.15, 0.2) is 17.5 Å². The molecule has 2 aliphatic rings. The van der Waals surface area contributed by atoms with Crippen LogP contribution in [0.25, 0.3) is 33.9 Å². The summed E-state index contributed by atoms with van der Waals surface area (Å²) in [4.78, 5) is 20.0. The van der Waals surface area contributed by atoms with Crippen molar-refractivity contribution >= 4 is 5.78 Å². The number of benzene rings is 3. The van der Waals surface area contributed by atoms with Crippen molar-refractivity contribution in [2.24, 2.45) is 0 Å². The second kappa shape index (κ2) is 8.98. The molecule has 0 saturated carbocycles. The summed E-state index contributed by atoms with van der Waals surface area (Å²) >= 11 is 0. The van der Waals surface area contributed by atoms with Crippen molar-refractivity contribution in [3.8, 4) is 33.9 Å². The van der Waals surface area contributed by atoms with Crippen molar-refractivity contribution < 1.29 is 13.6 Å². The fourth-order valence-electron chi connectivity index (χ4n) is 3.96. The molecule has 0 N–H and O–H groups in total. The van der Waals surface area contributed by atoms with Gasteiger partial charge in [-0.05, 0) is 47.4 Å².